The smallest absolute Gasteiger partial charge is 0.255 e. The highest BCUT2D eigenvalue weighted by Crippen LogP contribution is 2.28. The van der Waals surface area contributed by atoms with Gasteiger partial charge in [0.15, 0.2) is 18.1 Å². The summed E-state index contributed by atoms with van der Waals surface area (Å²) in [4.78, 5) is 22.9. The molecule has 6 nitrogen and oxygen atoms in total. The van der Waals surface area contributed by atoms with Crippen molar-refractivity contribution < 1.29 is 23.5 Å². The maximum Gasteiger partial charge on any atom is 0.255 e. The molecular weight excluding hydrogens is 315 g/mol. The van der Waals surface area contributed by atoms with Crippen LogP contribution in [0.4, 0.5) is 4.39 Å². The lowest BCUT2D eigenvalue weighted by molar-refractivity contribution is -0.119. The summed E-state index contributed by atoms with van der Waals surface area (Å²) < 4.78 is 23.9. The molecular formula is C17H17FN2O4. The lowest BCUT2D eigenvalue weighted by Crippen LogP contribution is -2.23. The number of amides is 2. The molecule has 2 rings (SSSR count). The molecule has 2 aromatic carbocycles. The predicted octanol–water partition coefficient (Wildman–Crippen LogP) is 1.63. The second-order valence-corrected chi connectivity index (χ2v) is 4.89. The number of methoxy groups -OCH3 is 1. The lowest BCUT2D eigenvalue weighted by Gasteiger charge is -2.11. The summed E-state index contributed by atoms with van der Waals surface area (Å²) in [5.74, 6) is -0.816. The zero-order chi connectivity index (χ0) is 17.5. The molecule has 0 heterocycles. The Morgan fingerprint density at radius 2 is 1.92 bits per heavy atom. The molecule has 0 fully saturated rings. The second kappa shape index (κ2) is 7.96. The Kier molecular flexibility index (Phi) is 5.73. The van der Waals surface area contributed by atoms with E-state index in [0.29, 0.717) is 16.9 Å². The highest BCUT2D eigenvalue weighted by molar-refractivity contribution is 5.94. The molecule has 0 aliphatic heterocycles. The minimum absolute atomic E-state index is 0.0632. The Bertz CT molecular complexity index is 749. The number of carbonyl (C=O) groups is 2. The van der Waals surface area contributed by atoms with Gasteiger partial charge in [0.25, 0.3) is 11.8 Å². The zero-order valence-corrected chi connectivity index (χ0v) is 13.0. The van der Waals surface area contributed by atoms with E-state index in [1.165, 1.54) is 31.4 Å². The zero-order valence-electron chi connectivity index (χ0n) is 13.0. The molecule has 0 aliphatic rings. The van der Waals surface area contributed by atoms with Gasteiger partial charge in [-0.25, -0.2) is 4.39 Å². The number of rotatable bonds is 7. The van der Waals surface area contributed by atoms with E-state index in [9.17, 15) is 14.0 Å². The van der Waals surface area contributed by atoms with Gasteiger partial charge in [0.1, 0.15) is 5.82 Å². The Balaban J connectivity index is 2.06. The largest absolute Gasteiger partial charge is 0.493 e. The van der Waals surface area contributed by atoms with Crippen LogP contribution in [-0.4, -0.2) is 25.5 Å². The second-order valence-electron chi connectivity index (χ2n) is 4.89. The van der Waals surface area contributed by atoms with E-state index in [1.54, 1.807) is 18.2 Å². The standard InChI is InChI=1S/C17H17FN2O4/c1-23-15-8-11(6-7-14(15)24-10-16(19)21)17(22)20-9-12-4-2-3-5-13(12)18/h2-8H,9-10H2,1H3,(H2,19,21)(H,20,22). The fraction of sp³-hybridized carbons (Fsp3) is 0.176. The Morgan fingerprint density at radius 1 is 1.17 bits per heavy atom. The van der Waals surface area contributed by atoms with Gasteiger partial charge in [0.2, 0.25) is 0 Å². The van der Waals surface area contributed by atoms with Gasteiger partial charge in [-0.2, -0.15) is 0 Å². The molecule has 0 aliphatic carbocycles. The van der Waals surface area contributed by atoms with Crippen molar-refractivity contribution in [3.8, 4) is 11.5 Å². The normalized spacial score (nSPS) is 10.1. The molecule has 126 valence electrons. The van der Waals surface area contributed by atoms with Crippen molar-refractivity contribution in [3.63, 3.8) is 0 Å². The molecule has 7 heteroatoms. The van der Waals surface area contributed by atoms with Gasteiger partial charge in [-0.1, -0.05) is 18.2 Å². The molecule has 0 saturated heterocycles. The number of ether oxygens (including phenoxy) is 2. The van der Waals surface area contributed by atoms with Gasteiger partial charge >= 0.3 is 0 Å². The first-order valence-corrected chi connectivity index (χ1v) is 7.12. The molecule has 2 amide bonds. The molecule has 2 aromatic rings. The average Bonchev–Trinajstić information content (AvgIpc) is 2.58. The molecule has 0 aromatic heterocycles. The third-order valence-corrected chi connectivity index (χ3v) is 3.19. The monoisotopic (exact) mass is 332 g/mol. The molecule has 0 atom stereocenters. The van der Waals surface area contributed by atoms with Gasteiger partial charge < -0.3 is 20.5 Å². The van der Waals surface area contributed by atoms with E-state index in [2.05, 4.69) is 5.32 Å². The number of carbonyl (C=O) groups excluding carboxylic acids is 2. The number of hydrogen-bond donors (Lipinski definition) is 2. The third-order valence-electron chi connectivity index (χ3n) is 3.19. The van der Waals surface area contributed by atoms with Crippen LogP contribution in [0.5, 0.6) is 11.5 Å². The number of nitrogens with two attached hydrogens (primary N) is 1. The Morgan fingerprint density at radius 3 is 2.58 bits per heavy atom. The Hall–Kier alpha value is -3.09. The number of halogens is 1. The summed E-state index contributed by atoms with van der Waals surface area (Å²) in [6.45, 7) is -0.233. The van der Waals surface area contributed by atoms with Crippen molar-refractivity contribution >= 4 is 11.8 Å². The molecule has 3 N–H and O–H groups in total. The van der Waals surface area contributed by atoms with E-state index in [-0.39, 0.29) is 24.7 Å². The molecule has 0 radical (unpaired) electrons. The van der Waals surface area contributed by atoms with E-state index >= 15 is 0 Å². The van der Waals surface area contributed by atoms with Crippen molar-refractivity contribution in [1.29, 1.82) is 0 Å². The summed E-state index contributed by atoms with van der Waals surface area (Å²) in [6, 6.07) is 10.7. The van der Waals surface area contributed by atoms with Crippen molar-refractivity contribution in [1.82, 2.24) is 5.32 Å². The minimum Gasteiger partial charge on any atom is -0.493 e. The van der Waals surface area contributed by atoms with Crippen LogP contribution in [0.2, 0.25) is 0 Å². The van der Waals surface area contributed by atoms with E-state index in [4.69, 9.17) is 15.2 Å². The van der Waals surface area contributed by atoms with Crippen molar-refractivity contribution in [2.45, 2.75) is 6.54 Å². The number of hydrogen-bond acceptors (Lipinski definition) is 4. The highest BCUT2D eigenvalue weighted by Gasteiger charge is 2.12. The van der Waals surface area contributed by atoms with Gasteiger partial charge in [-0.3, -0.25) is 9.59 Å². The lowest BCUT2D eigenvalue weighted by atomic mass is 10.1. The SMILES string of the molecule is COc1cc(C(=O)NCc2ccccc2F)ccc1OCC(N)=O. The van der Waals surface area contributed by atoms with E-state index in [0.717, 1.165) is 0 Å². The first-order valence-electron chi connectivity index (χ1n) is 7.12. The highest BCUT2D eigenvalue weighted by atomic mass is 19.1. The quantitative estimate of drug-likeness (QED) is 0.806. The molecule has 0 spiro atoms. The summed E-state index contributed by atoms with van der Waals surface area (Å²) in [5.41, 5.74) is 5.72. The Labute approximate surface area is 138 Å². The molecule has 0 bridgehead atoms. The summed E-state index contributed by atoms with van der Waals surface area (Å²) in [7, 11) is 1.41. The maximum atomic E-state index is 13.5. The summed E-state index contributed by atoms with van der Waals surface area (Å²) in [5, 5.41) is 2.63. The van der Waals surface area contributed by atoms with Crippen LogP contribution in [-0.2, 0) is 11.3 Å². The first kappa shape index (κ1) is 17.3. The number of nitrogens with one attached hydrogen (secondary N) is 1. The third kappa shape index (κ3) is 4.45. The van der Waals surface area contributed by atoms with Gasteiger partial charge in [-0.05, 0) is 24.3 Å². The van der Waals surface area contributed by atoms with Crippen LogP contribution in [0, 0.1) is 5.82 Å². The summed E-state index contributed by atoms with van der Waals surface area (Å²) in [6.07, 6.45) is 0. The fourth-order valence-electron chi connectivity index (χ4n) is 2.00. The van der Waals surface area contributed by atoms with Crippen LogP contribution in [0.15, 0.2) is 42.5 Å². The molecule has 0 unspecified atom stereocenters. The van der Waals surface area contributed by atoms with Crippen LogP contribution < -0.4 is 20.5 Å². The van der Waals surface area contributed by atoms with E-state index in [1.807, 2.05) is 0 Å². The molecule has 0 saturated carbocycles. The first-order chi connectivity index (χ1) is 11.5. The van der Waals surface area contributed by atoms with Crippen molar-refractivity contribution in [3.05, 3.63) is 59.4 Å². The fourth-order valence-corrected chi connectivity index (χ4v) is 2.00. The van der Waals surface area contributed by atoms with Crippen molar-refractivity contribution in [2.75, 3.05) is 13.7 Å². The van der Waals surface area contributed by atoms with Crippen LogP contribution in [0.1, 0.15) is 15.9 Å². The predicted molar refractivity (Wildman–Crippen MR) is 85.3 cm³/mol. The van der Waals surface area contributed by atoms with Gasteiger partial charge in [-0.15, -0.1) is 0 Å². The molecule has 24 heavy (non-hydrogen) atoms. The summed E-state index contributed by atoms with van der Waals surface area (Å²) >= 11 is 0. The number of benzene rings is 2. The van der Waals surface area contributed by atoms with Gasteiger partial charge in [0, 0.05) is 17.7 Å². The van der Waals surface area contributed by atoms with Crippen LogP contribution >= 0.6 is 0 Å². The number of primary amides is 1. The van der Waals surface area contributed by atoms with E-state index < -0.39 is 11.8 Å². The maximum absolute atomic E-state index is 13.5. The average molecular weight is 332 g/mol. The van der Waals surface area contributed by atoms with Crippen LogP contribution in [0.3, 0.4) is 0 Å². The topological polar surface area (TPSA) is 90.7 Å². The van der Waals surface area contributed by atoms with Gasteiger partial charge in [0.05, 0.1) is 7.11 Å². The van der Waals surface area contributed by atoms with Crippen molar-refractivity contribution in [2.24, 2.45) is 5.73 Å². The van der Waals surface area contributed by atoms with Crippen LogP contribution in [0.25, 0.3) is 0 Å². The minimum atomic E-state index is -0.622.